The molecule has 2 rings (SSSR count). The molecule has 0 bridgehead atoms. The Morgan fingerprint density at radius 2 is 1.90 bits per heavy atom. The predicted octanol–water partition coefficient (Wildman–Crippen LogP) is 3.62. The standard InChI is InChI=1S/C17H24N2O/c20-17(18-13-11-15-7-3-1-4-8-15)19-14-12-16-9-5-2-6-10-16/h1,3-4,7-8,12,14,16H,2,5-6,9-11,13H2,(H2,18,19,20)/b14-12+. The van der Waals surface area contributed by atoms with E-state index in [9.17, 15) is 4.79 Å². The zero-order chi connectivity index (χ0) is 14.0. The lowest BCUT2D eigenvalue weighted by Crippen LogP contribution is -2.33. The first-order chi connectivity index (χ1) is 9.84. The molecular formula is C17H24N2O. The summed E-state index contributed by atoms with van der Waals surface area (Å²) in [5.74, 6) is 0.647. The molecule has 1 saturated carbocycles. The summed E-state index contributed by atoms with van der Waals surface area (Å²) >= 11 is 0. The van der Waals surface area contributed by atoms with Crippen LogP contribution in [0.2, 0.25) is 0 Å². The van der Waals surface area contributed by atoms with Gasteiger partial charge in [-0.1, -0.05) is 55.7 Å². The average molecular weight is 272 g/mol. The highest BCUT2D eigenvalue weighted by molar-refractivity contribution is 5.74. The monoisotopic (exact) mass is 272 g/mol. The lowest BCUT2D eigenvalue weighted by molar-refractivity contribution is 0.244. The normalized spacial score (nSPS) is 16.2. The number of nitrogens with one attached hydrogen (secondary N) is 2. The van der Waals surface area contributed by atoms with Crippen LogP contribution < -0.4 is 10.6 Å². The highest BCUT2D eigenvalue weighted by Gasteiger charge is 2.09. The van der Waals surface area contributed by atoms with Gasteiger partial charge in [0.1, 0.15) is 0 Å². The minimum Gasteiger partial charge on any atom is -0.338 e. The van der Waals surface area contributed by atoms with Crippen molar-refractivity contribution in [2.45, 2.75) is 38.5 Å². The summed E-state index contributed by atoms with van der Waals surface area (Å²) in [6.07, 6.45) is 11.3. The molecule has 0 aliphatic heterocycles. The molecule has 0 unspecified atom stereocenters. The molecule has 1 aromatic carbocycles. The maximum atomic E-state index is 11.6. The molecule has 1 aliphatic rings. The third-order valence-corrected chi connectivity index (χ3v) is 3.77. The van der Waals surface area contributed by atoms with Crippen LogP contribution in [-0.2, 0) is 6.42 Å². The Bertz CT molecular complexity index is 422. The molecule has 1 aromatic rings. The van der Waals surface area contributed by atoms with Crippen LogP contribution in [0.4, 0.5) is 4.79 Å². The summed E-state index contributed by atoms with van der Waals surface area (Å²) in [6.45, 7) is 0.660. The smallest absolute Gasteiger partial charge is 0.318 e. The number of hydrogen-bond acceptors (Lipinski definition) is 1. The second-order valence-electron chi connectivity index (χ2n) is 5.39. The molecular weight excluding hydrogens is 248 g/mol. The number of carbonyl (C=O) groups is 1. The van der Waals surface area contributed by atoms with Crippen molar-refractivity contribution in [3.63, 3.8) is 0 Å². The third kappa shape index (κ3) is 5.47. The Morgan fingerprint density at radius 1 is 1.15 bits per heavy atom. The van der Waals surface area contributed by atoms with Crippen LogP contribution in [0.3, 0.4) is 0 Å². The van der Waals surface area contributed by atoms with Gasteiger partial charge in [-0.05, 0) is 30.7 Å². The van der Waals surface area contributed by atoms with Crippen molar-refractivity contribution in [2.75, 3.05) is 6.54 Å². The molecule has 2 N–H and O–H groups in total. The zero-order valence-corrected chi connectivity index (χ0v) is 12.0. The van der Waals surface area contributed by atoms with Gasteiger partial charge in [-0.2, -0.15) is 0 Å². The first kappa shape index (κ1) is 14.6. The summed E-state index contributed by atoms with van der Waals surface area (Å²) in [6, 6.07) is 10.1. The molecule has 1 aliphatic carbocycles. The fourth-order valence-corrected chi connectivity index (χ4v) is 2.60. The van der Waals surface area contributed by atoms with Crippen LogP contribution in [0.5, 0.6) is 0 Å². The van der Waals surface area contributed by atoms with E-state index in [2.05, 4.69) is 28.8 Å². The fraction of sp³-hybridized carbons (Fsp3) is 0.471. The van der Waals surface area contributed by atoms with Gasteiger partial charge in [-0.3, -0.25) is 0 Å². The van der Waals surface area contributed by atoms with Crippen LogP contribution in [0, 0.1) is 5.92 Å². The first-order valence-electron chi connectivity index (χ1n) is 7.59. The van der Waals surface area contributed by atoms with Gasteiger partial charge in [0.25, 0.3) is 0 Å². The Kier molecular flexibility index (Phi) is 6.15. The number of carbonyl (C=O) groups excluding carboxylic acids is 1. The molecule has 3 heteroatoms. The van der Waals surface area contributed by atoms with Crippen molar-refractivity contribution >= 4 is 6.03 Å². The number of allylic oxidation sites excluding steroid dienone is 1. The number of urea groups is 1. The first-order valence-corrected chi connectivity index (χ1v) is 7.59. The van der Waals surface area contributed by atoms with E-state index >= 15 is 0 Å². The van der Waals surface area contributed by atoms with E-state index in [0.717, 1.165) is 6.42 Å². The van der Waals surface area contributed by atoms with Crippen molar-refractivity contribution in [3.8, 4) is 0 Å². The molecule has 20 heavy (non-hydrogen) atoms. The topological polar surface area (TPSA) is 41.1 Å². The summed E-state index contributed by atoms with van der Waals surface area (Å²) in [5, 5.41) is 5.65. The van der Waals surface area contributed by atoms with Crippen molar-refractivity contribution in [2.24, 2.45) is 5.92 Å². The highest BCUT2D eigenvalue weighted by Crippen LogP contribution is 2.24. The average Bonchev–Trinajstić information content (AvgIpc) is 2.49. The van der Waals surface area contributed by atoms with Gasteiger partial charge in [0.2, 0.25) is 0 Å². The fourth-order valence-electron chi connectivity index (χ4n) is 2.60. The van der Waals surface area contributed by atoms with Gasteiger partial charge in [-0.25, -0.2) is 4.79 Å². The number of amides is 2. The van der Waals surface area contributed by atoms with Crippen molar-refractivity contribution in [1.29, 1.82) is 0 Å². The van der Waals surface area contributed by atoms with E-state index in [-0.39, 0.29) is 6.03 Å². The van der Waals surface area contributed by atoms with Crippen LogP contribution in [0.15, 0.2) is 42.6 Å². The molecule has 0 atom stereocenters. The van der Waals surface area contributed by atoms with Gasteiger partial charge in [0.05, 0.1) is 0 Å². The van der Waals surface area contributed by atoms with Gasteiger partial charge >= 0.3 is 6.03 Å². The van der Waals surface area contributed by atoms with Gasteiger partial charge < -0.3 is 10.6 Å². The van der Waals surface area contributed by atoms with Gasteiger partial charge in [0.15, 0.2) is 0 Å². The Hall–Kier alpha value is -1.77. The second-order valence-corrected chi connectivity index (χ2v) is 5.39. The lowest BCUT2D eigenvalue weighted by Gasteiger charge is -2.17. The minimum absolute atomic E-state index is 0.118. The molecule has 0 saturated heterocycles. The summed E-state index contributed by atoms with van der Waals surface area (Å²) in [4.78, 5) is 11.6. The van der Waals surface area contributed by atoms with E-state index in [0.29, 0.717) is 12.5 Å². The number of rotatable bonds is 5. The second kappa shape index (κ2) is 8.41. The van der Waals surface area contributed by atoms with Crippen molar-refractivity contribution in [1.82, 2.24) is 10.6 Å². The van der Waals surface area contributed by atoms with Gasteiger partial charge in [-0.15, -0.1) is 0 Å². The van der Waals surface area contributed by atoms with Crippen molar-refractivity contribution in [3.05, 3.63) is 48.2 Å². The maximum Gasteiger partial charge on any atom is 0.318 e. The summed E-state index contributed by atoms with van der Waals surface area (Å²) in [7, 11) is 0. The SMILES string of the molecule is O=C(N/C=C/C1CCCCC1)NCCc1ccccc1. The highest BCUT2D eigenvalue weighted by atomic mass is 16.2. The lowest BCUT2D eigenvalue weighted by atomic mass is 9.89. The quantitative estimate of drug-likeness (QED) is 0.844. The molecule has 3 nitrogen and oxygen atoms in total. The molecule has 2 amide bonds. The van der Waals surface area contributed by atoms with E-state index < -0.39 is 0 Å². The van der Waals surface area contributed by atoms with E-state index in [1.165, 1.54) is 37.7 Å². The molecule has 0 spiro atoms. The number of hydrogen-bond donors (Lipinski definition) is 2. The van der Waals surface area contributed by atoms with Crippen LogP contribution >= 0.6 is 0 Å². The molecule has 0 heterocycles. The largest absolute Gasteiger partial charge is 0.338 e. The van der Waals surface area contributed by atoms with Crippen LogP contribution in [0.1, 0.15) is 37.7 Å². The Morgan fingerprint density at radius 3 is 2.65 bits per heavy atom. The van der Waals surface area contributed by atoms with Gasteiger partial charge in [0, 0.05) is 12.7 Å². The molecule has 0 radical (unpaired) electrons. The van der Waals surface area contributed by atoms with E-state index in [1.807, 2.05) is 18.2 Å². The Balaban J connectivity index is 1.59. The maximum absolute atomic E-state index is 11.6. The predicted molar refractivity (Wildman–Crippen MR) is 82.4 cm³/mol. The van der Waals surface area contributed by atoms with Crippen molar-refractivity contribution < 1.29 is 4.79 Å². The Labute approximate surface area is 121 Å². The number of benzene rings is 1. The minimum atomic E-state index is -0.118. The van der Waals surface area contributed by atoms with Crippen LogP contribution in [-0.4, -0.2) is 12.6 Å². The summed E-state index contributed by atoms with van der Waals surface area (Å²) < 4.78 is 0. The zero-order valence-electron chi connectivity index (χ0n) is 12.0. The third-order valence-electron chi connectivity index (χ3n) is 3.77. The van der Waals surface area contributed by atoms with E-state index in [1.54, 1.807) is 6.20 Å². The summed E-state index contributed by atoms with van der Waals surface area (Å²) in [5.41, 5.74) is 1.24. The molecule has 108 valence electrons. The van der Waals surface area contributed by atoms with E-state index in [4.69, 9.17) is 0 Å². The molecule has 0 aromatic heterocycles. The molecule has 1 fully saturated rings. The van der Waals surface area contributed by atoms with Crippen LogP contribution in [0.25, 0.3) is 0 Å².